The number of aliphatic hydroxyl groups excluding tert-OH is 1. The molecular weight excluding hydrogens is 286 g/mol. The average molecular weight is 309 g/mol. The Balaban J connectivity index is 2.78. The Labute approximate surface area is 127 Å². The summed E-state index contributed by atoms with van der Waals surface area (Å²) in [4.78, 5) is 0.286. The molecule has 0 aromatic heterocycles. The third-order valence-electron chi connectivity index (χ3n) is 3.11. The van der Waals surface area contributed by atoms with Crippen molar-refractivity contribution in [2.75, 3.05) is 20.2 Å². The number of benzene rings is 1. The van der Waals surface area contributed by atoms with Crippen LogP contribution in [0.4, 0.5) is 0 Å². The van der Waals surface area contributed by atoms with Crippen LogP contribution < -0.4 is 0 Å². The van der Waals surface area contributed by atoms with Gasteiger partial charge in [-0.3, -0.25) is 0 Å². The minimum absolute atomic E-state index is 0.0298. The largest absolute Gasteiger partial charge is 0.395 e. The highest BCUT2D eigenvalue weighted by Crippen LogP contribution is 2.15. The number of aliphatic hydroxyl groups is 1. The fourth-order valence-electron chi connectivity index (χ4n) is 1.82. The van der Waals surface area contributed by atoms with E-state index >= 15 is 0 Å². The van der Waals surface area contributed by atoms with Crippen LogP contribution in [0.15, 0.2) is 29.2 Å². The summed E-state index contributed by atoms with van der Waals surface area (Å²) < 4.78 is 26.1. The zero-order valence-corrected chi connectivity index (χ0v) is 13.5. The molecule has 5 heteroatoms. The maximum Gasteiger partial charge on any atom is 0.242 e. The molecule has 1 N–H and O–H groups in total. The van der Waals surface area contributed by atoms with Crippen molar-refractivity contribution in [1.82, 2.24) is 4.31 Å². The molecule has 0 aliphatic carbocycles. The molecule has 1 rings (SSSR count). The highest BCUT2D eigenvalue weighted by Gasteiger charge is 2.19. The van der Waals surface area contributed by atoms with E-state index in [0.29, 0.717) is 13.0 Å². The van der Waals surface area contributed by atoms with Crippen LogP contribution >= 0.6 is 0 Å². The first-order chi connectivity index (χ1) is 10.0. The Morgan fingerprint density at radius 3 is 2.43 bits per heavy atom. The summed E-state index contributed by atoms with van der Waals surface area (Å²) in [6.07, 6.45) is 3.38. The van der Waals surface area contributed by atoms with Crippen molar-refractivity contribution in [3.05, 3.63) is 29.8 Å². The minimum Gasteiger partial charge on any atom is -0.395 e. The van der Waals surface area contributed by atoms with Crippen LogP contribution in [0, 0.1) is 11.8 Å². The van der Waals surface area contributed by atoms with Gasteiger partial charge in [0, 0.05) is 25.6 Å². The van der Waals surface area contributed by atoms with Gasteiger partial charge in [-0.25, -0.2) is 12.7 Å². The molecule has 0 saturated heterocycles. The van der Waals surface area contributed by atoms with Gasteiger partial charge in [0.25, 0.3) is 0 Å². The Hall–Kier alpha value is -1.35. The van der Waals surface area contributed by atoms with Gasteiger partial charge >= 0.3 is 0 Å². The first-order valence-electron chi connectivity index (χ1n) is 7.18. The minimum atomic E-state index is -3.42. The van der Waals surface area contributed by atoms with Crippen molar-refractivity contribution in [3.63, 3.8) is 0 Å². The Bertz CT molecular complexity index is 582. The van der Waals surface area contributed by atoms with Gasteiger partial charge in [0.15, 0.2) is 0 Å². The second-order valence-electron chi connectivity index (χ2n) is 4.83. The van der Waals surface area contributed by atoms with E-state index in [1.165, 1.54) is 4.31 Å². The molecular formula is C16H23NO3S. The van der Waals surface area contributed by atoms with E-state index in [1.807, 2.05) is 0 Å². The lowest BCUT2D eigenvalue weighted by atomic mass is 10.2. The molecule has 0 radical (unpaired) electrons. The molecule has 0 unspecified atom stereocenters. The van der Waals surface area contributed by atoms with Crippen molar-refractivity contribution in [1.29, 1.82) is 0 Å². The van der Waals surface area contributed by atoms with Crippen molar-refractivity contribution < 1.29 is 13.5 Å². The lowest BCUT2D eigenvalue weighted by molar-refractivity contribution is 0.305. The standard InChI is InChI=1S/C16H23NO3S/c1-3-4-6-13-17(2)21(19,20)16-11-9-15(10-12-16)8-5-7-14-18/h9-12,18H,3-4,6-7,13-14H2,1-2H3. The van der Waals surface area contributed by atoms with Gasteiger partial charge < -0.3 is 5.11 Å². The SMILES string of the molecule is CCCCCN(C)S(=O)(=O)c1ccc(C#CCCO)cc1. The molecule has 0 saturated carbocycles. The molecule has 0 atom stereocenters. The average Bonchev–Trinajstić information content (AvgIpc) is 2.48. The Kier molecular flexibility index (Phi) is 7.44. The molecule has 0 spiro atoms. The molecule has 21 heavy (non-hydrogen) atoms. The maximum atomic E-state index is 12.4. The quantitative estimate of drug-likeness (QED) is 0.621. The van der Waals surface area contributed by atoms with E-state index in [4.69, 9.17) is 5.11 Å². The molecule has 0 amide bonds. The van der Waals surface area contributed by atoms with Crippen LogP contribution in [-0.2, 0) is 10.0 Å². The van der Waals surface area contributed by atoms with Crippen LogP contribution in [0.1, 0.15) is 38.2 Å². The summed E-state index contributed by atoms with van der Waals surface area (Å²) >= 11 is 0. The highest BCUT2D eigenvalue weighted by molar-refractivity contribution is 7.89. The topological polar surface area (TPSA) is 57.6 Å². The molecule has 116 valence electrons. The van der Waals surface area contributed by atoms with E-state index in [-0.39, 0.29) is 11.5 Å². The monoisotopic (exact) mass is 309 g/mol. The number of hydrogen-bond acceptors (Lipinski definition) is 3. The molecule has 0 heterocycles. The molecule has 0 aliphatic rings. The van der Waals surface area contributed by atoms with Crippen LogP contribution in [0.5, 0.6) is 0 Å². The van der Waals surface area contributed by atoms with E-state index in [2.05, 4.69) is 18.8 Å². The highest BCUT2D eigenvalue weighted by atomic mass is 32.2. The van der Waals surface area contributed by atoms with E-state index in [9.17, 15) is 8.42 Å². The third kappa shape index (κ3) is 5.50. The van der Waals surface area contributed by atoms with Crippen molar-refractivity contribution in [2.45, 2.75) is 37.5 Å². The normalized spacial score (nSPS) is 11.2. The fourth-order valence-corrected chi connectivity index (χ4v) is 3.02. The lowest BCUT2D eigenvalue weighted by Crippen LogP contribution is -2.27. The summed E-state index contributed by atoms with van der Waals surface area (Å²) in [5.74, 6) is 5.68. The third-order valence-corrected chi connectivity index (χ3v) is 4.98. The first kappa shape index (κ1) is 17.7. The Morgan fingerprint density at radius 1 is 1.19 bits per heavy atom. The van der Waals surface area contributed by atoms with Gasteiger partial charge in [-0.15, -0.1) is 0 Å². The van der Waals surface area contributed by atoms with Crippen LogP contribution in [0.25, 0.3) is 0 Å². The number of hydrogen-bond donors (Lipinski definition) is 1. The number of rotatable bonds is 7. The predicted molar refractivity (Wildman–Crippen MR) is 84.4 cm³/mol. The molecule has 1 aromatic carbocycles. The second kappa shape index (κ2) is 8.83. The molecule has 0 aliphatic heterocycles. The van der Waals surface area contributed by atoms with Gasteiger partial charge in [-0.1, -0.05) is 31.6 Å². The number of nitrogens with zero attached hydrogens (tertiary/aromatic N) is 1. The fraction of sp³-hybridized carbons (Fsp3) is 0.500. The zero-order valence-electron chi connectivity index (χ0n) is 12.7. The maximum absolute atomic E-state index is 12.4. The predicted octanol–water partition coefficient (Wildman–Crippen LogP) is 2.23. The van der Waals surface area contributed by atoms with Crippen molar-refractivity contribution >= 4 is 10.0 Å². The van der Waals surface area contributed by atoms with Gasteiger partial charge in [0.2, 0.25) is 10.0 Å². The van der Waals surface area contributed by atoms with E-state index in [0.717, 1.165) is 24.8 Å². The smallest absolute Gasteiger partial charge is 0.242 e. The van der Waals surface area contributed by atoms with Gasteiger partial charge in [-0.05, 0) is 30.7 Å². The molecule has 0 bridgehead atoms. The van der Waals surface area contributed by atoms with Crippen molar-refractivity contribution in [3.8, 4) is 11.8 Å². The lowest BCUT2D eigenvalue weighted by Gasteiger charge is -2.17. The summed E-state index contributed by atoms with van der Waals surface area (Å²) in [6.45, 7) is 2.65. The first-order valence-corrected chi connectivity index (χ1v) is 8.62. The van der Waals surface area contributed by atoms with Gasteiger partial charge in [0.05, 0.1) is 11.5 Å². The number of unbranched alkanes of at least 4 members (excludes halogenated alkanes) is 2. The molecule has 4 nitrogen and oxygen atoms in total. The second-order valence-corrected chi connectivity index (χ2v) is 6.88. The summed E-state index contributed by atoms with van der Waals surface area (Å²) in [7, 11) is -1.81. The van der Waals surface area contributed by atoms with E-state index < -0.39 is 10.0 Å². The summed E-state index contributed by atoms with van der Waals surface area (Å²) in [6, 6.07) is 6.54. The Morgan fingerprint density at radius 2 is 1.86 bits per heavy atom. The zero-order chi connectivity index (χ0) is 15.7. The van der Waals surface area contributed by atoms with Crippen LogP contribution in [0.2, 0.25) is 0 Å². The summed E-state index contributed by atoms with van der Waals surface area (Å²) in [5.41, 5.74) is 0.746. The van der Waals surface area contributed by atoms with Crippen LogP contribution in [-0.4, -0.2) is 38.0 Å². The summed E-state index contributed by atoms with van der Waals surface area (Å²) in [5, 5.41) is 8.66. The van der Waals surface area contributed by atoms with Crippen molar-refractivity contribution in [2.24, 2.45) is 0 Å². The molecule has 1 aromatic rings. The van der Waals surface area contributed by atoms with Gasteiger partial charge in [-0.2, -0.15) is 0 Å². The van der Waals surface area contributed by atoms with Crippen LogP contribution in [0.3, 0.4) is 0 Å². The van der Waals surface area contributed by atoms with E-state index in [1.54, 1.807) is 31.3 Å². The number of sulfonamides is 1. The molecule has 0 fully saturated rings. The van der Waals surface area contributed by atoms with Gasteiger partial charge in [0.1, 0.15) is 0 Å².